The highest BCUT2D eigenvalue weighted by Gasteiger charge is 2.36. The first-order valence-electron chi connectivity index (χ1n) is 8.02. The average molecular weight is 415 g/mol. The Morgan fingerprint density at radius 1 is 1.35 bits per heavy atom. The molecule has 0 unspecified atom stereocenters. The van der Waals surface area contributed by atoms with Crippen LogP contribution in [0.5, 0.6) is 5.75 Å². The van der Waals surface area contributed by atoms with Gasteiger partial charge in [0.1, 0.15) is 5.75 Å². The Kier molecular flexibility index (Phi) is 4.42. The van der Waals surface area contributed by atoms with Crippen LogP contribution in [0.1, 0.15) is 22.2 Å². The van der Waals surface area contributed by atoms with E-state index >= 15 is 0 Å². The lowest BCUT2D eigenvalue weighted by atomic mass is 9.98. The molecule has 26 heavy (non-hydrogen) atoms. The molecule has 3 heterocycles. The Balaban J connectivity index is 1.44. The highest BCUT2D eigenvalue weighted by molar-refractivity contribution is 9.10. The van der Waals surface area contributed by atoms with E-state index in [9.17, 15) is 4.79 Å². The number of benzene rings is 1. The third-order valence-corrected chi connectivity index (χ3v) is 4.97. The lowest BCUT2D eigenvalue weighted by molar-refractivity contribution is 0.0568. The van der Waals surface area contributed by atoms with Crippen LogP contribution in [0.3, 0.4) is 0 Å². The maximum absolute atomic E-state index is 12.7. The molecule has 0 radical (unpaired) electrons. The number of methoxy groups -OCH3 is 1. The Labute approximate surface area is 158 Å². The molecule has 0 N–H and O–H groups in total. The van der Waals surface area contributed by atoms with Gasteiger partial charge >= 0.3 is 0 Å². The quantitative estimate of drug-likeness (QED) is 0.651. The van der Waals surface area contributed by atoms with E-state index < -0.39 is 0 Å². The van der Waals surface area contributed by atoms with Gasteiger partial charge in [-0.1, -0.05) is 5.16 Å². The first kappa shape index (κ1) is 16.7. The zero-order valence-corrected chi connectivity index (χ0v) is 15.5. The van der Waals surface area contributed by atoms with Gasteiger partial charge in [0.2, 0.25) is 11.7 Å². The van der Waals surface area contributed by atoms with E-state index in [1.807, 2.05) is 18.2 Å². The van der Waals surface area contributed by atoms with Crippen molar-refractivity contribution < 1.29 is 14.1 Å². The summed E-state index contributed by atoms with van der Waals surface area (Å²) < 4.78 is 11.3. The first-order chi connectivity index (χ1) is 12.7. The number of halogens is 1. The molecule has 132 valence electrons. The Morgan fingerprint density at radius 3 is 2.92 bits per heavy atom. The van der Waals surface area contributed by atoms with Crippen molar-refractivity contribution in [2.45, 2.75) is 5.92 Å². The van der Waals surface area contributed by atoms with Crippen LogP contribution in [0.2, 0.25) is 0 Å². The molecule has 0 spiro atoms. The second kappa shape index (κ2) is 6.87. The SMILES string of the molecule is COc1ccc(Br)c(C(=O)N2CC(c3nc(-c4cccnc4)no3)C2)c1. The predicted molar refractivity (Wildman–Crippen MR) is 96.9 cm³/mol. The fourth-order valence-corrected chi connectivity index (χ4v) is 3.20. The zero-order chi connectivity index (χ0) is 18.1. The molecule has 3 aromatic rings. The number of likely N-dealkylation sites (tertiary alicyclic amines) is 1. The smallest absolute Gasteiger partial charge is 0.255 e. The molecule has 4 rings (SSSR count). The first-order valence-corrected chi connectivity index (χ1v) is 8.82. The Morgan fingerprint density at radius 2 is 2.19 bits per heavy atom. The van der Waals surface area contributed by atoms with E-state index in [4.69, 9.17) is 9.26 Å². The fraction of sp³-hybridized carbons (Fsp3) is 0.222. The van der Waals surface area contributed by atoms with Crippen molar-refractivity contribution in [1.82, 2.24) is 20.0 Å². The maximum atomic E-state index is 12.7. The molecule has 0 aliphatic carbocycles. The molecule has 0 atom stereocenters. The minimum atomic E-state index is -0.0565. The van der Waals surface area contributed by atoms with Crippen LogP contribution < -0.4 is 4.74 Å². The zero-order valence-electron chi connectivity index (χ0n) is 13.9. The van der Waals surface area contributed by atoms with E-state index in [1.54, 1.807) is 36.5 Å². The van der Waals surface area contributed by atoms with Crippen molar-refractivity contribution in [3.05, 3.63) is 58.7 Å². The molecule has 1 fully saturated rings. The summed E-state index contributed by atoms with van der Waals surface area (Å²) in [5, 5.41) is 4.00. The average Bonchev–Trinajstić information content (AvgIpc) is 3.11. The van der Waals surface area contributed by atoms with Crippen LogP contribution in [-0.2, 0) is 0 Å². The molecule has 1 aliphatic heterocycles. The van der Waals surface area contributed by atoms with Crippen molar-refractivity contribution in [1.29, 1.82) is 0 Å². The van der Waals surface area contributed by atoms with Crippen LogP contribution in [0.4, 0.5) is 0 Å². The maximum Gasteiger partial charge on any atom is 0.255 e. The summed E-state index contributed by atoms with van der Waals surface area (Å²) in [6, 6.07) is 9.03. The normalized spacial score (nSPS) is 14.2. The van der Waals surface area contributed by atoms with Crippen molar-refractivity contribution >= 4 is 21.8 Å². The number of hydrogen-bond acceptors (Lipinski definition) is 6. The number of pyridine rings is 1. The van der Waals surface area contributed by atoms with Gasteiger partial charge in [0, 0.05) is 35.5 Å². The molecule has 1 saturated heterocycles. The molecule has 1 aromatic carbocycles. The molecular weight excluding hydrogens is 400 g/mol. The fourth-order valence-electron chi connectivity index (χ4n) is 2.78. The van der Waals surface area contributed by atoms with Gasteiger partial charge in [-0.25, -0.2) is 0 Å². The topological polar surface area (TPSA) is 81.4 Å². The minimum absolute atomic E-state index is 0.0428. The second-order valence-electron chi connectivity index (χ2n) is 5.95. The molecule has 0 saturated carbocycles. The van der Waals surface area contributed by atoms with Crippen LogP contribution in [0.25, 0.3) is 11.4 Å². The van der Waals surface area contributed by atoms with Gasteiger partial charge in [0.05, 0.1) is 18.6 Å². The van der Waals surface area contributed by atoms with Gasteiger partial charge in [-0.2, -0.15) is 4.98 Å². The number of rotatable bonds is 4. The monoisotopic (exact) mass is 414 g/mol. The van der Waals surface area contributed by atoms with Crippen molar-refractivity contribution in [2.24, 2.45) is 0 Å². The summed E-state index contributed by atoms with van der Waals surface area (Å²) in [7, 11) is 1.58. The third-order valence-electron chi connectivity index (χ3n) is 4.28. The summed E-state index contributed by atoms with van der Waals surface area (Å²) in [5.41, 5.74) is 1.37. The van der Waals surface area contributed by atoms with Gasteiger partial charge in [0.15, 0.2) is 0 Å². The summed E-state index contributed by atoms with van der Waals surface area (Å²) >= 11 is 3.42. The largest absolute Gasteiger partial charge is 0.497 e. The summed E-state index contributed by atoms with van der Waals surface area (Å²) in [6.07, 6.45) is 3.38. The van der Waals surface area contributed by atoms with Crippen LogP contribution >= 0.6 is 15.9 Å². The van der Waals surface area contributed by atoms with Crippen LogP contribution in [0, 0.1) is 0 Å². The van der Waals surface area contributed by atoms with Gasteiger partial charge in [-0.15, -0.1) is 0 Å². The minimum Gasteiger partial charge on any atom is -0.497 e. The third kappa shape index (κ3) is 3.08. The Bertz CT molecular complexity index is 939. The van der Waals surface area contributed by atoms with Crippen LogP contribution in [-0.4, -0.2) is 46.1 Å². The molecule has 2 aromatic heterocycles. The molecule has 8 heteroatoms. The molecule has 1 amide bonds. The van der Waals surface area contributed by atoms with E-state index in [1.165, 1.54) is 0 Å². The summed E-state index contributed by atoms with van der Waals surface area (Å²) in [4.78, 5) is 22.9. The van der Waals surface area contributed by atoms with E-state index in [0.29, 0.717) is 36.1 Å². The number of ether oxygens (including phenoxy) is 1. The number of carbonyl (C=O) groups excluding carboxylic acids is 1. The molecule has 0 bridgehead atoms. The summed E-state index contributed by atoms with van der Waals surface area (Å²) in [5.74, 6) is 1.68. The second-order valence-corrected chi connectivity index (χ2v) is 6.81. The van der Waals surface area contributed by atoms with Gasteiger partial charge in [0.25, 0.3) is 5.91 Å². The predicted octanol–water partition coefficient (Wildman–Crippen LogP) is 3.14. The van der Waals surface area contributed by atoms with Crippen LogP contribution in [0.15, 0.2) is 51.7 Å². The lowest BCUT2D eigenvalue weighted by Crippen LogP contribution is -2.48. The molecule has 7 nitrogen and oxygen atoms in total. The summed E-state index contributed by atoms with van der Waals surface area (Å²) in [6.45, 7) is 1.08. The van der Waals surface area contributed by atoms with Gasteiger partial charge < -0.3 is 14.2 Å². The van der Waals surface area contributed by atoms with E-state index in [2.05, 4.69) is 31.1 Å². The molecular formula is C18H15BrN4O3. The van der Waals surface area contributed by atoms with Crippen molar-refractivity contribution in [3.63, 3.8) is 0 Å². The number of amides is 1. The standard InChI is InChI=1S/C18H15BrN4O3/c1-25-13-4-5-15(19)14(7-13)18(24)23-9-12(10-23)17-21-16(22-26-17)11-3-2-6-20-8-11/h2-8,12H,9-10H2,1H3. The van der Waals surface area contributed by atoms with Gasteiger partial charge in [-0.3, -0.25) is 9.78 Å². The number of carbonyl (C=O) groups is 1. The molecule has 1 aliphatic rings. The van der Waals surface area contributed by atoms with E-state index in [0.717, 1.165) is 10.0 Å². The number of aromatic nitrogens is 3. The highest BCUT2D eigenvalue weighted by Crippen LogP contribution is 2.31. The van der Waals surface area contributed by atoms with Crippen molar-refractivity contribution in [3.8, 4) is 17.1 Å². The van der Waals surface area contributed by atoms with Crippen molar-refractivity contribution in [2.75, 3.05) is 20.2 Å². The lowest BCUT2D eigenvalue weighted by Gasteiger charge is -2.37. The Hall–Kier alpha value is -2.74. The van der Waals surface area contributed by atoms with E-state index in [-0.39, 0.29) is 11.8 Å². The number of nitrogens with zero attached hydrogens (tertiary/aromatic N) is 4. The van der Waals surface area contributed by atoms with Gasteiger partial charge in [-0.05, 0) is 46.3 Å². The highest BCUT2D eigenvalue weighted by atomic mass is 79.9. The number of hydrogen-bond donors (Lipinski definition) is 0.